The quantitative estimate of drug-likeness (QED) is 0.663. The minimum absolute atomic E-state index is 0.174. The first-order valence-electron chi connectivity index (χ1n) is 6.78. The van der Waals surface area contributed by atoms with E-state index in [1.807, 2.05) is 0 Å². The van der Waals surface area contributed by atoms with Gasteiger partial charge in [0.05, 0.1) is 12.0 Å². The molecule has 0 heterocycles. The zero-order valence-corrected chi connectivity index (χ0v) is 10.9. The molecule has 2 aliphatic rings. The molecule has 0 spiro atoms. The predicted octanol–water partition coefficient (Wildman–Crippen LogP) is 1.82. The first kappa shape index (κ1) is 13.6. The molecule has 0 bridgehead atoms. The average Bonchev–Trinajstić information content (AvgIpc) is 3.00. The molecule has 5 heteroatoms. The van der Waals surface area contributed by atoms with E-state index in [0.717, 1.165) is 19.3 Å². The minimum atomic E-state index is -0.839. The van der Waals surface area contributed by atoms with Gasteiger partial charge in [0.25, 0.3) is 0 Å². The van der Waals surface area contributed by atoms with Gasteiger partial charge in [-0.15, -0.1) is 0 Å². The monoisotopic (exact) mass is 264 g/mol. The van der Waals surface area contributed by atoms with Gasteiger partial charge in [-0.2, -0.15) is 0 Å². The number of hydrogen-bond acceptors (Lipinski definition) is 2. The largest absolute Gasteiger partial charge is 0.481 e. The summed E-state index contributed by atoms with van der Waals surface area (Å²) in [5.41, 5.74) is 1.42. The van der Waals surface area contributed by atoms with Crippen LogP contribution in [0.15, 0.2) is 23.8 Å². The van der Waals surface area contributed by atoms with Crippen molar-refractivity contribution in [1.82, 2.24) is 10.6 Å². The van der Waals surface area contributed by atoms with Gasteiger partial charge in [-0.05, 0) is 32.1 Å². The summed E-state index contributed by atoms with van der Waals surface area (Å²) in [4.78, 5) is 22.4. The summed E-state index contributed by atoms with van der Waals surface area (Å²) in [6, 6.07) is -0.397. The molecule has 0 saturated carbocycles. The van der Waals surface area contributed by atoms with Crippen LogP contribution in [0.4, 0.5) is 4.79 Å². The SMILES string of the molecule is O=C(NCCC1=CCCC1)NC1C=CC(C(=O)O)C1. The third kappa shape index (κ3) is 4.12. The lowest BCUT2D eigenvalue weighted by atomic mass is 10.1. The molecule has 0 fully saturated rings. The number of carbonyl (C=O) groups is 2. The maximum Gasteiger partial charge on any atom is 0.315 e. The van der Waals surface area contributed by atoms with Gasteiger partial charge >= 0.3 is 12.0 Å². The number of rotatable bonds is 5. The Morgan fingerprint density at radius 3 is 2.84 bits per heavy atom. The van der Waals surface area contributed by atoms with E-state index >= 15 is 0 Å². The van der Waals surface area contributed by atoms with E-state index in [-0.39, 0.29) is 12.1 Å². The van der Waals surface area contributed by atoms with Gasteiger partial charge in [0.15, 0.2) is 0 Å². The van der Waals surface area contributed by atoms with Crippen LogP contribution in [0.2, 0.25) is 0 Å². The topological polar surface area (TPSA) is 78.4 Å². The number of aliphatic carboxylic acids is 1. The summed E-state index contributed by atoms with van der Waals surface area (Å²) >= 11 is 0. The van der Waals surface area contributed by atoms with Gasteiger partial charge in [-0.25, -0.2) is 4.79 Å². The second-order valence-electron chi connectivity index (χ2n) is 5.08. The Morgan fingerprint density at radius 1 is 1.37 bits per heavy atom. The molecule has 2 atom stereocenters. The number of allylic oxidation sites excluding steroid dienone is 1. The number of nitrogens with one attached hydrogen (secondary N) is 2. The molecule has 0 aromatic heterocycles. The summed E-state index contributed by atoms with van der Waals surface area (Å²) in [6.07, 6.45) is 10.5. The fourth-order valence-electron chi connectivity index (χ4n) is 2.51. The van der Waals surface area contributed by atoms with E-state index in [1.54, 1.807) is 12.2 Å². The van der Waals surface area contributed by atoms with Crippen molar-refractivity contribution < 1.29 is 14.7 Å². The minimum Gasteiger partial charge on any atom is -0.481 e. The Labute approximate surface area is 112 Å². The first-order valence-corrected chi connectivity index (χ1v) is 6.78. The number of amides is 2. The molecule has 0 saturated heterocycles. The average molecular weight is 264 g/mol. The third-order valence-electron chi connectivity index (χ3n) is 3.58. The molecule has 2 aliphatic carbocycles. The lowest BCUT2D eigenvalue weighted by Crippen LogP contribution is -2.41. The van der Waals surface area contributed by atoms with Gasteiger partial charge in [0, 0.05) is 6.54 Å². The number of hydrogen-bond donors (Lipinski definition) is 3. The highest BCUT2D eigenvalue weighted by Gasteiger charge is 2.25. The molecule has 2 amide bonds. The van der Waals surface area contributed by atoms with Crippen LogP contribution in [0.3, 0.4) is 0 Å². The van der Waals surface area contributed by atoms with E-state index in [4.69, 9.17) is 5.11 Å². The Kier molecular flexibility index (Phi) is 4.60. The van der Waals surface area contributed by atoms with Crippen LogP contribution < -0.4 is 10.6 Å². The van der Waals surface area contributed by atoms with Gasteiger partial charge in [0.2, 0.25) is 0 Å². The van der Waals surface area contributed by atoms with E-state index < -0.39 is 11.9 Å². The summed E-state index contributed by atoms with van der Waals surface area (Å²) in [5, 5.41) is 14.4. The van der Waals surface area contributed by atoms with E-state index in [2.05, 4.69) is 16.7 Å². The van der Waals surface area contributed by atoms with Crippen molar-refractivity contribution in [2.75, 3.05) is 6.54 Å². The van der Waals surface area contributed by atoms with E-state index in [0.29, 0.717) is 13.0 Å². The Hall–Kier alpha value is -1.78. The molecule has 2 unspecified atom stereocenters. The van der Waals surface area contributed by atoms with Crippen LogP contribution in [-0.2, 0) is 4.79 Å². The standard InChI is InChI=1S/C14H20N2O3/c17-13(18)11-5-6-12(9-11)16-14(19)15-8-7-10-3-1-2-4-10/h3,5-6,11-12H,1-2,4,7-9H2,(H,17,18)(H2,15,16,19). The van der Waals surface area contributed by atoms with Crippen molar-refractivity contribution in [2.24, 2.45) is 5.92 Å². The summed E-state index contributed by atoms with van der Waals surface area (Å²) in [7, 11) is 0. The molecule has 104 valence electrons. The van der Waals surface area contributed by atoms with Crippen LogP contribution >= 0.6 is 0 Å². The van der Waals surface area contributed by atoms with Crippen molar-refractivity contribution in [2.45, 2.75) is 38.1 Å². The lowest BCUT2D eigenvalue weighted by Gasteiger charge is -2.13. The molecule has 5 nitrogen and oxygen atoms in total. The van der Waals surface area contributed by atoms with Crippen LogP contribution in [0, 0.1) is 5.92 Å². The van der Waals surface area contributed by atoms with Crippen LogP contribution in [0.5, 0.6) is 0 Å². The predicted molar refractivity (Wildman–Crippen MR) is 71.8 cm³/mol. The molecule has 19 heavy (non-hydrogen) atoms. The zero-order valence-electron chi connectivity index (χ0n) is 10.9. The van der Waals surface area contributed by atoms with Crippen LogP contribution in [0.1, 0.15) is 32.1 Å². The number of carboxylic acids is 1. The van der Waals surface area contributed by atoms with Crippen LogP contribution in [0.25, 0.3) is 0 Å². The second-order valence-corrected chi connectivity index (χ2v) is 5.08. The summed E-state index contributed by atoms with van der Waals surface area (Å²) in [6.45, 7) is 0.635. The first-order chi connectivity index (χ1) is 9.15. The van der Waals surface area contributed by atoms with E-state index in [9.17, 15) is 9.59 Å². The molecule has 2 rings (SSSR count). The maximum absolute atomic E-state index is 11.6. The highest BCUT2D eigenvalue weighted by atomic mass is 16.4. The molecule has 0 aliphatic heterocycles. The van der Waals surface area contributed by atoms with Crippen molar-refractivity contribution >= 4 is 12.0 Å². The third-order valence-corrected chi connectivity index (χ3v) is 3.58. The zero-order chi connectivity index (χ0) is 13.7. The van der Waals surface area contributed by atoms with Crippen molar-refractivity contribution in [3.63, 3.8) is 0 Å². The maximum atomic E-state index is 11.6. The molecular formula is C14H20N2O3. The molecule has 0 radical (unpaired) electrons. The van der Waals surface area contributed by atoms with Crippen molar-refractivity contribution in [1.29, 1.82) is 0 Å². The van der Waals surface area contributed by atoms with Gasteiger partial charge in [-0.3, -0.25) is 4.79 Å². The Bertz CT molecular complexity index is 415. The fraction of sp³-hybridized carbons (Fsp3) is 0.571. The van der Waals surface area contributed by atoms with Crippen LogP contribution in [-0.4, -0.2) is 29.7 Å². The molecular weight excluding hydrogens is 244 g/mol. The smallest absolute Gasteiger partial charge is 0.315 e. The highest BCUT2D eigenvalue weighted by Crippen LogP contribution is 2.20. The van der Waals surface area contributed by atoms with Gasteiger partial charge < -0.3 is 15.7 Å². The van der Waals surface area contributed by atoms with Gasteiger partial charge in [0.1, 0.15) is 0 Å². The number of carbonyl (C=O) groups excluding carboxylic acids is 1. The lowest BCUT2D eigenvalue weighted by molar-refractivity contribution is -0.140. The molecule has 3 N–H and O–H groups in total. The Balaban J connectivity index is 1.62. The number of urea groups is 1. The normalized spacial score (nSPS) is 25.2. The number of carboxylic acid groups (broad SMARTS) is 1. The van der Waals surface area contributed by atoms with Crippen molar-refractivity contribution in [3.05, 3.63) is 23.8 Å². The Morgan fingerprint density at radius 2 is 2.21 bits per heavy atom. The molecule has 0 aromatic rings. The molecule has 0 aromatic carbocycles. The summed E-state index contributed by atoms with van der Waals surface area (Å²) < 4.78 is 0. The fourth-order valence-corrected chi connectivity index (χ4v) is 2.51. The highest BCUT2D eigenvalue weighted by molar-refractivity contribution is 5.76. The second kappa shape index (κ2) is 6.41. The van der Waals surface area contributed by atoms with E-state index in [1.165, 1.54) is 12.0 Å². The van der Waals surface area contributed by atoms with Gasteiger partial charge in [-0.1, -0.05) is 23.8 Å². The van der Waals surface area contributed by atoms with Crippen molar-refractivity contribution in [3.8, 4) is 0 Å². The summed E-state index contributed by atoms with van der Waals surface area (Å²) in [5.74, 6) is -1.32.